The third kappa shape index (κ3) is 3.65. The van der Waals surface area contributed by atoms with Crippen molar-refractivity contribution < 1.29 is 9.53 Å². The summed E-state index contributed by atoms with van der Waals surface area (Å²) in [5.74, 6) is 1.04. The monoisotopic (exact) mass is 291 g/mol. The number of nitrogens with zero attached hydrogens (tertiary/aromatic N) is 1. The summed E-state index contributed by atoms with van der Waals surface area (Å²) < 4.78 is 5.45. The van der Waals surface area contributed by atoms with Crippen LogP contribution in [0.3, 0.4) is 0 Å². The lowest BCUT2D eigenvalue weighted by atomic mass is 9.82. The molecule has 0 unspecified atom stereocenters. The van der Waals surface area contributed by atoms with E-state index in [2.05, 4.69) is 32.6 Å². The van der Waals surface area contributed by atoms with E-state index in [4.69, 9.17) is 4.74 Å². The fourth-order valence-electron chi connectivity index (χ4n) is 3.13. The Kier molecular flexibility index (Phi) is 6.90. The van der Waals surface area contributed by atoms with Crippen LogP contribution in [0.5, 0.6) is 5.75 Å². The molecule has 0 atom stereocenters. The number of rotatable bonds is 9. The molecule has 0 saturated heterocycles. The third-order valence-corrected chi connectivity index (χ3v) is 4.39. The summed E-state index contributed by atoms with van der Waals surface area (Å²) in [6.07, 6.45) is 1.66. The lowest BCUT2D eigenvalue weighted by Gasteiger charge is -2.41. The van der Waals surface area contributed by atoms with Crippen LogP contribution in [0.1, 0.15) is 57.8 Å². The Bertz CT molecular complexity index is 431. The van der Waals surface area contributed by atoms with Gasteiger partial charge < -0.3 is 4.74 Å². The fourth-order valence-corrected chi connectivity index (χ4v) is 3.13. The van der Waals surface area contributed by atoms with E-state index < -0.39 is 5.54 Å². The maximum Gasteiger partial charge on any atom is 0.183 e. The number of hydrogen-bond acceptors (Lipinski definition) is 3. The topological polar surface area (TPSA) is 29.5 Å². The first-order valence-corrected chi connectivity index (χ1v) is 8.12. The SMILES string of the molecule is CCOc1ccc(C(=O)C(CC)(CC)N(CC)CC)cc1. The minimum Gasteiger partial charge on any atom is -0.494 e. The van der Waals surface area contributed by atoms with Crippen LogP contribution in [0.4, 0.5) is 0 Å². The van der Waals surface area contributed by atoms with Crippen molar-refractivity contribution in [1.29, 1.82) is 0 Å². The summed E-state index contributed by atoms with van der Waals surface area (Å²) in [4.78, 5) is 15.4. The zero-order chi connectivity index (χ0) is 15.9. The van der Waals surface area contributed by atoms with Gasteiger partial charge in [0.2, 0.25) is 0 Å². The summed E-state index contributed by atoms with van der Waals surface area (Å²) in [6, 6.07) is 7.54. The molecule has 1 aromatic rings. The highest BCUT2D eigenvalue weighted by atomic mass is 16.5. The molecule has 0 aliphatic carbocycles. The van der Waals surface area contributed by atoms with Crippen molar-refractivity contribution in [2.45, 2.75) is 53.0 Å². The van der Waals surface area contributed by atoms with Gasteiger partial charge in [-0.05, 0) is 57.1 Å². The van der Waals surface area contributed by atoms with Crippen LogP contribution < -0.4 is 4.74 Å². The van der Waals surface area contributed by atoms with Crippen molar-refractivity contribution in [3.05, 3.63) is 29.8 Å². The summed E-state index contributed by atoms with van der Waals surface area (Å²) in [6.45, 7) is 12.8. The number of likely N-dealkylation sites (N-methyl/N-ethyl adjacent to an activating group) is 1. The van der Waals surface area contributed by atoms with E-state index in [1.165, 1.54) is 0 Å². The molecule has 1 aromatic carbocycles. The molecule has 0 aliphatic heterocycles. The summed E-state index contributed by atoms with van der Waals surface area (Å²) in [5, 5.41) is 0. The van der Waals surface area contributed by atoms with Crippen LogP contribution in [0.15, 0.2) is 24.3 Å². The Labute approximate surface area is 129 Å². The third-order valence-electron chi connectivity index (χ3n) is 4.39. The second-order valence-electron chi connectivity index (χ2n) is 5.20. The average Bonchev–Trinajstić information content (AvgIpc) is 2.53. The molecule has 0 amide bonds. The van der Waals surface area contributed by atoms with Gasteiger partial charge in [-0.15, -0.1) is 0 Å². The molecular weight excluding hydrogens is 262 g/mol. The number of ketones is 1. The zero-order valence-corrected chi connectivity index (χ0v) is 14.1. The van der Waals surface area contributed by atoms with Crippen LogP contribution in [-0.4, -0.2) is 35.9 Å². The van der Waals surface area contributed by atoms with Gasteiger partial charge in [-0.25, -0.2) is 0 Å². The van der Waals surface area contributed by atoms with Crippen molar-refractivity contribution >= 4 is 5.78 Å². The summed E-state index contributed by atoms with van der Waals surface area (Å²) in [7, 11) is 0. The molecule has 21 heavy (non-hydrogen) atoms. The zero-order valence-electron chi connectivity index (χ0n) is 14.1. The van der Waals surface area contributed by atoms with E-state index in [0.29, 0.717) is 6.61 Å². The number of carbonyl (C=O) groups excluding carboxylic acids is 1. The highest BCUT2D eigenvalue weighted by molar-refractivity contribution is 6.03. The van der Waals surface area contributed by atoms with Crippen molar-refractivity contribution in [2.75, 3.05) is 19.7 Å². The Morgan fingerprint density at radius 2 is 1.52 bits per heavy atom. The Hall–Kier alpha value is -1.35. The predicted octanol–water partition coefficient (Wildman–Crippen LogP) is 4.17. The molecule has 0 aromatic heterocycles. The van der Waals surface area contributed by atoms with Gasteiger partial charge >= 0.3 is 0 Å². The van der Waals surface area contributed by atoms with Crippen molar-refractivity contribution in [1.82, 2.24) is 4.90 Å². The van der Waals surface area contributed by atoms with Gasteiger partial charge in [-0.2, -0.15) is 0 Å². The molecule has 3 heteroatoms. The summed E-state index contributed by atoms with van der Waals surface area (Å²) >= 11 is 0. The van der Waals surface area contributed by atoms with Gasteiger partial charge in [0.1, 0.15) is 5.75 Å². The normalized spacial score (nSPS) is 11.7. The lowest BCUT2D eigenvalue weighted by Crippen LogP contribution is -2.53. The average molecular weight is 291 g/mol. The maximum atomic E-state index is 13.1. The Balaban J connectivity index is 3.10. The molecule has 1 rings (SSSR count). The van der Waals surface area contributed by atoms with Crippen molar-refractivity contribution in [2.24, 2.45) is 0 Å². The first-order chi connectivity index (χ1) is 10.1. The van der Waals surface area contributed by atoms with E-state index in [9.17, 15) is 4.79 Å². The first kappa shape index (κ1) is 17.7. The molecular formula is C18H29NO2. The number of Topliss-reactive ketones (excluding diaryl/α,β-unsaturated/α-hetero) is 1. The van der Waals surface area contributed by atoms with Crippen LogP contribution in [0.25, 0.3) is 0 Å². The van der Waals surface area contributed by atoms with Crippen molar-refractivity contribution in [3.8, 4) is 5.75 Å². The van der Waals surface area contributed by atoms with E-state index in [0.717, 1.165) is 37.2 Å². The highest BCUT2D eigenvalue weighted by Crippen LogP contribution is 2.29. The Morgan fingerprint density at radius 1 is 1.00 bits per heavy atom. The molecule has 0 spiro atoms. The summed E-state index contributed by atoms with van der Waals surface area (Å²) in [5.41, 5.74) is 0.380. The number of ether oxygens (including phenoxy) is 1. The minimum absolute atomic E-state index is 0.222. The molecule has 0 saturated carbocycles. The predicted molar refractivity (Wildman–Crippen MR) is 88.2 cm³/mol. The molecule has 0 fully saturated rings. The number of carbonyl (C=O) groups is 1. The molecule has 118 valence electrons. The van der Waals surface area contributed by atoms with E-state index in [1.807, 2.05) is 31.2 Å². The highest BCUT2D eigenvalue weighted by Gasteiger charge is 2.39. The Morgan fingerprint density at radius 3 is 1.90 bits per heavy atom. The lowest BCUT2D eigenvalue weighted by molar-refractivity contribution is 0.0535. The number of benzene rings is 1. The second kappa shape index (κ2) is 8.18. The molecule has 0 heterocycles. The minimum atomic E-state index is -0.392. The van der Waals surface area contributed by atoms with Gasteiger partial charge in [-0.3, -0.25) is 9.69 Å². The van der Waals surface area contributed by atoms with Gasteiger partial charge in [-0.1, -0.05) is 27.7 Å². The van der Waals surface area contributed by atoms with E-state index in [1.54, 1.807) is 0 Å². The quantitative estimate of drug-likeness (QED) is 0.640. The van der Waals surface area contributed by atoms with Crippen LogP contribution in [0, 0.1) is 0 Å². The van der Waals surface area contributed by atoms with Crippen molar-refractivity contribution in [3.63, 3.8) is 0 Å². The molecule has 0 aliphatic rings. The largest absolute Gasteiger partial charge is 0.494 e. The maximum absolute atomic E-state index is 13.1. The van der Waals surface area contributed by atoms with E-state index in [-0.39, 0.29) is 5.78 Å². The smallest absolute Gasteiger partial charge is 0.183 e. The molecule has 0 bridgehead atoms. The van der Waals surface area contributed by atoms with E-state index >= 15 is 0 Å². The fraction of sp³-hybridized carbons (Fsp3) is 0.611. The van der Waals surface area contributed by atoms with Gasteiger partial charge in [0, 0.05) is 5.56 Å². The van der Waals surface area contributed by atoms with Gasteiger partial charge in [0.15, 0.2) is 5.78 Å². The van der Waals surface area contributed by atoms with Gasteiger partial charge in [0.05, 0.1) is 12.1 Å². The van der Waals surface area contributed by atoms with Gasteiger partial charge in [0.25, 0.3) is 0 Å². The van der Waals surface area contributed by atoms with Crippen LogP contribution in [0.2, 0.25) is 0 Å². The molecule has 0 radical (unpaired) electrons. The standard InChI is InChI=1S/C18H29NO2/c1-6-18(7-2,19(8-3)9-4)17(20)15-11-13-16(14-12-15)21-10-5/h11-14H,6-10H2,1-5H3. The van der Waals surface area contributed by atoms with Crippen LogP contribution >= 0.6 is 0 Å². The first-order valence-electron chi connectivity index (χ1n) is 8.12. The second-order valence-corrected chi connectivity index (χ2v) is 5.20. The number of hydrogen-bond donors (Lipinski definition) is 0. The van der Waals surface area contributed by atoms with Crippen LogP contribution in [-0.2, 0) is 0 Å². The molecule has 3 nitrogen and oxygen atoms in total. The molecule has 0 N–H and O–H groups in total.